The van der Waals surface area contributed by atoms with E-state index in [0.717, 1.165) is 4.90 Å². The molecule has 10 heteroatoms. The first-order valence-corrected chi connectivity index (χ1v) is 11.1. The van der Waals surface area contributed by atoms with E-state index < -0.39 is 20.2 Å². The third-order valence-electron chi connectivity index (χ3n) is 3.76. The normalized spacial score (nSPS) is 12.2. The number of nitro groups is 1. The van der Waals surface area contributed by atoms with Gasteiger partial charge >= 0.3 is 0 Å². The van der Waals surface area contributed by atoms with Crippen molar-refractivity contribution in [1.29, 1.82) is 0 Å². The lowest BCUT2D eigenvalue weighted by molar-refractivity contribution is -0.384. The van der Waals surface area contributed by atoms with E-state index in [-0.39, 0.29) is 23.9 Å². The number of amides is 1. The largest absolute Gasteiger partial charge is 0.325 e. The summed E-state index contributed by atoms with van der Waals surface area (Å²) in [6.07, 6.45) is 1.46. The number of nitrogens with one attached hydrogen (secondary N) is 2. The number of carbonyl (C=O) groups is 1. The van der Waals surface area contributed by atoms with Gasteiger partial charge in [0.05, 0.1) is 15.9 Å². The Morgan fingerprint density at radius 3 is 2.38 bits per heavy atom. The predicted octanol–water partition coefficient (Wildman–Crippen LogP) is 3.32. The standard InChI is InChI=1S/C19H21N3O5S2/c1-3-12-20-29(26,27)13-15-4-6-16(7-5-15)21-19(23)14(2)28-18-10-8-17(9-11-18)22(24)25/h3-11,14,20H,1,12-13H2,2H3,(H,21,23). The first-order chi connectivity index (χ1) is 13.7. The van der Waals surface area contributed by atoms with Crippen LogP contribution in [0.3, 0.4) is 0 Å². The molecule has 0 radical (unpaired) electrons. The average molecular weight is 436 g/mol. The van der Waals surface area contributed by atoms with Gasteiger partial charge in [-0.1, -0.05) is 18.2 Å². The van der Waals surface area contributed by atoms with Gasteiger partial charge in [-0.05, 0) is 36.8 Å². The van der Waals surface area contributed by atoms with Gasteiger partial charge in [0.15, 0.2) is 0 Å². The molecule has 2 aromatic carbocycles. The zero-order valence-corrected chi connectivity index (χ0v) is 17.3. The number of anilines is 1. The molecule has 0 aliphatic heterocycles. The van der Waals surface area contributed by atoms with Crippen molar-refractivity contribution in [2.75, 3.05) is 11.9 Å². The Kier molecular flexibility index (Phi) is 7.94. The van der Waals surface area contributed by atoms with Crippen LogP contribution in [-0.4, -0.2) is 31.0 Å². The van der Waals surface area contributed by atoms with Crippen molar-refractivity contribution in [1.82, 2.24) is 4.72 Å². The third kappa shape index (κ3) is 7.33. The van der Waals surface area contributed by atoms with Crippen LogP contribution in [0.25, 0.3) is 0 Å². The van der Waals surface area contributed by atoms with Crippen molar-refractivity contribution in [3.8, 4) is 0 Å². The topological polar surface area (TPSA) is 118 Å². The van der Waals surface area contributed by atoms with Crippen LogP contribution in [0, 0.1) is 10.1 Å². The van der Waals surface area contributed by atoms with E-state index in [1.165, 1.54) is 30.0 Å². The molecule has 2 N–H and O–H groups in total. The minimum absolute atomic E-state index is 0.00625. The molecule has 2 aromatic rings. The number of sulfonamides is 1. The molecule has 1 unspecified atom stereocenters. The molecule has 0 saturated heterocycles. The van der Waals surface area contributed by atoms with Crippen LogP contribution in [0.1, 0.15) is 12.5 Å². The smallest absolute Gasteiger partial charge is 0.269 e. The summed E-state index contributed by atoms with van der Waals surface area (Å²) in [6.45, 7) is 5.36. The molecule has 0 bridgehead atoms. The monoisotopic (exact) mass is 435 g/mol. The molecule has 0 aromatic heterocycles. The fourth-order valence-corrected chi connectivity index (χ4v) is 4.26. The fraction of sp³-hybridized carbons (Fsp3) is 0.211. The average Bonchev–Trinajstić information content (AvgIpc) is 2.68. The summed E-state index contributed by atoms with van der Waals surface area (Å²) < 4.78 is 26.1. The Balaban J connectivity index is 1.92. The molecule has 1 atom stereocenters. The molecule has 1 amide bonds. The second-order valence-electron chi connectivity index (χ2n) is 6.09. The Hall–Kier alpha value is -2.69. The molecule has 0 spiro atoms. The highest BCUT2D eigenvalue weighted by Gasteiger charge is 2.16. The first-order valence-electron chi connectivity index (χ1n) is 8.59. The minimum Gasteiger partial charge on any atom is -0.325 e. The van der Waals surface area contributed by atoms with E-state index >= 15 is 0 Å². The predicted molar refractivity (Wildman–Crippen MR) is 114 cm³/mol. The number of hydrogen-bond acceptors (Lipinski definition) is 6. The van der Waals surface area contributed by atoms with Crippen LogP contribution >= 0.6 is 11.8 Å². The Morgan fingerprint density at radius 2 is 1.83 bits per heavy atom. The highest BCUT2D eigenvalue weighted by molar-refractivity contribution is 8.00. The van der Waals surface area contributed by atoms with Crippen molar-refractivity contribution < 1.29 is 18.1 Å². The van der Waals surface area contributed by atoms with E-state index in [2.05, 4.69) is 16.6 Å². The van der Waals surface area contributed by atoms with E-state index in [1.807, 2.05) is 0 Å². The van der Waals surface area contributed by atoms with Gasteiger partial charge in [-0.2, -0.15) is 0 Å². The zero-order valence-electron chi connectivity index (χ0n) is 15.7. The summed E-state index contributed by atoms with van der Waals surface area (Å²) in [7, 11) is -3.44. The molecule has 154 valence electrons. The molecule has 2 rings (SSSR count). The SMILES string of the molecule is C=CCNS(=O)(=O)Cc1ccc(NC(=O)C(C)Sc2ccc([N+](=O)[O-])cc2)cc1. The van der Waals surface area contributed by atoms with Crippen LogP contribution in [0.5, 0.6) is 0 Å². The molecular formula is C19H21N3O5S2. The molecule has 0 saturated carbocycles. The third-order valence-corrected chi connectivity index (χ3v) is 6.19. The van der Waals surface area contributed by atoms with Gasteiger partial charge in [0.25, 0.3) is 5.69 Å². The molecule has 29 heavy (non-hydrogen) atoms. The number of non-ortho nitro benzene ring substituents is 1. The molecule has 0 fully saturated rings. The Morgan fingerprint density at radius 1 is 1.21 bits per heavy atom. The maximum atomic E-state index is 12.4. The van der Waals surface area contributed by atoms with Crippen LogP contribution in [0.4, 0.5) is 11.4 Å². The lowest BCUT2D eigenvalue weighted by Gasteiger charge is -2.12. The Labute approximate surface area is 173 Å². The summed E-state index contributed by atoms with van der Waals surface area (Å²) in [5.41, 5.74) is 1.13. The summed E-state index contributed by atoms with van der Waals surface area (Å²) in [5.74, 6) is -0.400. The molecule has 8 nitrogen and oxygen atoms in total. The second kappa shape index (κ2) is 10.2. The van der Waals surface area contributed by atoms with Gasteiger partial charge in [0.2, 0.25) is 15.9 Å². The molecule has 0 aliphatic rings. The summed E-state index contributed by atoms with van der Waals surface area (Å²) in [4.78, 5) is 23.3. The quantitative estimate of drug-likeness (QED) is 0.256. The number of hydrogen-bond donors (Lipinski definition) is 2. The highest BCUT2D eigenvalue weighted by atomic mass is 32.2. The molecule has 0 aliphatic carbocycles. The summed E-state index contributed by atoms with van der Waals surface area (Å²) in [5, 5.41) is 13.0. The first kappa shape index (κ1) is 22.6. The number of rotatable bonds is 10. The van der Waals surface area contributed by atoms with E-state index in [9.17, 15) is 23.3 Å². The summed E-state index contributed by atoms with van der Waals surface area (Å²) in [6, 6.07) is 12.5. The Bertz CT molecular complexity index is 974. The van der Waals surface area contributed by atoms with Crippen molar-refractivity contribution in [2.24, 2.45) is 0 Å². The van der Waals surface area contributed by atoms with Gasteiger partial charge in [-0.3, -0.25) is 14.9 Å². The number of benzene rings is 2. The highest BCUT2D eigenvalue weighted by Crippen LogP contribution is 2.26. The number of carbonyl (C=O) groups excluding carboxylic acids is 1. The zero-order chi connectivity index (χ0) is 21.4. The number of nitro benzene ring substituents is 1. The van der Waals surface area contributed by atoms with Gasteiger partial charge in [0.1, 0.15) is 0 Å². The van der Waals surface area contributed by atoms with Crippen LogP contribution in [0.15, 0.2) is 66.1 Å². The maximum Gasteiger partial charge on any atom is 0.269 e. The second-order valence-corrected chi connectivity index (χ2v) is 9.31. The molecule has 0 heterocycles. The summed E-state index contributed by atoms with van der Waals surface area (Å²) >= 11 is 1.28. The van der Waals surface area contributed by atoms with Crippen LogP contribution in [0.2, 0.25) is 0 Å². The van der Waals surface area contributed by atoms with Crippen molar-refractivity contribution in [3.05, 3.63) is 76.9 Å². The van der Waals surface area contributed by atoms with Crippen molar-refractivity contribution in [2.45, 2.75) is 22.8 Å². The van der Waals surface area contributed by atoms with E-state index in [0.29, 0.717) is 11.3 Å². The van der Waals surface area contributed by atoms with E-state index in [1.54, 1.807) is 43.3 Å². The number of thioether (sulfide) groups is 1. The van der Waals surface area contributed by atoms with E-state index in [4.69, 9.17) is 0 Å². The number of nitrogens with zero attached hydrogens (tertiary/aromatic N) is 1. The van der Waals surface area contributed by atoms with Crippen molar-refractivity contribution >= 4 is 39.1 Å². The van der Waals surface area contributed by atoms with Gasteiger partial charge in [-0.15, -0.1) is 18.3 Å². The van der Waals surface area contributed by atoms with Crippen molar-refractivity contribution in [3.63, 3.8) is 0 Å². The van der Waals surface area contributed by atoms with Crippen LogP contribution in [-0.2, 0) is 20.6 Å². The maximum absolute atomic E-state index is 12.4. The van der Waals surface area contributed by atoms with Crippen LogP contribution < -0.4 is 10.0 Å². The van der Waals surface area contributed by atoms with Gasteiger partial charge in [-0.25, -0.2) is 13.1 Å². The fourth-order valence-electron chi connectivity index (χ4n) is 2.29. The molecular weight excluding hydrogens is 414 g/mol. The van der Waals surface area contributed by atoms with Gasteiger partial charge < -0.3 is 5.32 Å². The minimum atomic E-state index is -3.44. The lowest BCUT2D eigenvalue weighted by atomic mass is 10.2. The lowest BCUT2D eigenvalue weighted by Crippen LogP contribution is -2.25. The van der Waals surface area contributed by atoms with Gasteiger partial charge in [0, 0.05) is 29.3 Å².